The number of hydrogen-bond acceptors (Lipinski definition) is 2. The lowest BCUT2D eigenvalue weighted by molar-refractivity contribution is 0.258. The van der Waals surface area contributed by atoms with Gasteiger partial charge >= 0.3 is 6.03 Å². The SMILES string of the molecule is CN(C(=O)Nc1cccc(F)c1)c1ccc(N)cc1. The Balaban J connectivity index is 2.09. The van der Waals surface area contributed by atoms with Crippen LogP contribution in [0.3, 0.4) is 0 Å². The van der Waals surface area contributed by atoms with Crippen LogP contribution in [0.2, 0.25) is 0 Å². The van der Waals surface area contributed by atoms with Crippen LogP contribution < -0.4 is 16.0 Å². The van der Waals surface area contributed by atoms with Crippen LogP contribution in [-0.4, -0.2) is 13.1 Å². The van der Waals surface area contributed by atoms with Crippen molar-refractivity contribution in [1.29, 1.82) is 0 Å². The lowest BCUT2D eigenvalue weighted by Crippen LogP contribution is -2.31. The monoisotopic (exact) mass is 259 g/mol. The third-order valence-electron chi connectivity index (χ3n) is 2.66. The molecule has 0 aliphatic rings. The zero-order valence-electron chi connectivity index (χ0n) is 10.4. The second kappa shape index (κ2) is 5.39. The lowest BCUT2D eigenvalue weighted by Gasteiger charge is -2.18. The van der Waals surface area contributed by atoms with Crippen molar-refractivity contribution in [2.24, 2.45) is 0 Å². The number of amides is 2. The predicted molar refractivity (Wildman–Crippen MR) is 74.7 cm³/mol. The van der Waals surface area contributed by atoms with Crippen molar-refractivity contribution in [3.63, 3.8) is 0 Å². The van der Waals surface area contributed by atoms with Gasteiger partial charge in [0.1, 0.15) is 5.82 Å². The van der Waals surface area contributed by atoms with Gasteiger partial charge in [-0.05, 0) is 42.5 Å². The van der Waals surface area contributed by atoms with Gasteiger partial charge in [0, 0.05) is 24.1 Å². The maximum absolute atomic E-state index is 13.0. The van der Waals surface area contributed by atoms with Gasteiger partial charge in [0.05, 0.1) is 0 Å². The maximum atomic E-state index is 13.0. The number of rotatable bonds is 2. The van der Waals surface area contributed by atoms with Gasteiger partial charge in [-0.15, -0.1) is 0 Å². The topological polar surface area (TPSA) is 58.4 Å². The van der Waals surface area contributed by atoms with E-state index >= 15 is 0 Å². The molecule has 0 heterocycles. The number of carbonyl (C=O) groups excluding carboxylic acids is 1. The quantitative estimate of drug-likeness (QED) is 0.814. The van der Waals surface area contributed by atoms with Gasteiger partial charge in [-0.3, -0.25) is 4.90 Å². The molecule has 2 rings (SSSR count). The molecule has 0 unspecified atom stereocenters. The molecule has 0 saturated carbocycles. The lowest BCUT2D eigenvalue weighted by atomic mass is 10.2. The second-order valence-electron chi connectivity index (χ2n) is 4.09. The molecule has 0 aliphatic heterocycles. The van der Waals surface area contributed by atoms with Crippen LogP contribution in [-0.2, 0) is 0 Å². The summed E-state index contributed by atoms with van der Waals surface area (Å²) in [6, 6.07) is 12.3. The zero-order valence-corrected chi connectivity index (χ0v) is 10.4. The summed E-state index contributed by atoms with van der Waals surface area (Å²) in [5, 5.41) is 2.61. The minimum Gasteiger partial charge on any atom is -0.399 e. The fraction of sp³-hybridized carbons (Fsp3) is 0.0714. The Bertz CT molecular complexity index is 583. The highest BCUT2D eigenvalue weighted by atomic mass is 19.1. The average molecular weight is 259 g/mol. The van der Waals surface area contributed by atoms with Gasteiger partial charge in [-0.2, -0.15) is 0 Å². The molecule has 2 aromatic rings. The standard InChI is InChI=1S/C14H14FN3O/c1-18(13-7-5-11(16)6-8-13)14(19)17-12-4-2-3-10(15)9-12/h2-9H,16H2,1H3,(H,17,19). The smallest absolute Gasteiger partial charge is 0.326 e. The van der Waals surface area contributed by atoms with E-state index in [9.17, 15) is 9.18 Å². The molecule has 0 radical (unpaired) electrons. The largest absolute Gasteiger partial charge is 0.399 e. The Hall–Kier alpha value is -2.56. The van der Waals surface area contributed by atoms with Gasteiger partial charge in [-0.25, -0.2) is 9.18 Å². The number of urea groups is 1. The fourth-order valence-electron chi connectivity index (χ4n) is 1.59. The molecule has 0 fully saturated rings. The number of anilines is 3. The summed E-state index contributed by atoms with van der Waals surface area (Å²) in [4.78, 5) is 13.4. The second-order valence-corrected chi connectivity index (χ2v) is 4.09. The van der Waals surface area contributed by atoms with E-state index in [4.69, 9.17) is 5.73 Å². The summed E-state index contributed by atoms with van der Waals surface area (Å²) < 4.78 is 13.0. The van der Waals surface area contributed by atoms with Crippen molar-refractivity contribution in [1.82, 2.24) is 0 Å². The molecule has 2 aromatic carbocycles. The number of nitrogens with one attached hydrogen (secondary N) is 1. The number of nitrogens with two attached hydrogens (primary N) is 1. The number of nitrogens with zero attached hydrogens (tertiary/aromatic N) is 1. The van der Waals surface area contributed by atoms with E-state index in [2.05, 4.69) is 5.32 Å². The predicted octanol–water partition coefficient (Wildman–Crippen LogP) is 3.08. The first-order valence-corrected chi connectivity index (χ1v) is 5.72. The summed E-state index contributed by atoms with van der Waals surface area (Å²) in [5.41, 5.74) is 7.32. The number of nitrogen functional groups attached to an aromatic ring is 1. The summed E-state index contributed by atoms with van der Waals surface area (Å²) in [6.45, 7) is 0. The van der Waals surface area contributed by atoms with E-state index < -0.39 is 5.82 Å². The molecule has 0 saturated heterocycles. The molecule has 0 aliphatic carbocycles. The Morgan fingerprint density at radius 2 is 1.89 bits per heavy atom. The van der Waals surface area contributed by atoms with Crippen molar-refractivity contribution in [2.75, 3.05) is 23.0 Å². The molecule has 4 nitrogen and oxygen atoms in total. The summed E-state index contributed by atoms with van der Waals surface area (Å²) in [7, 11) is 1.63. The van der Waals surface area contributed by atoms with Crippen molar-refractivity contribution in [2.45, 2.75) is 0 Å². The molecular formula is C14H14FN3O. The third kappa shape index (κ3) is 3.22. The number of carbonyl (C=O) groups is 1. The summed E-state index contributed by atoms with van der Waals surface area (Å²) >= 11 is 0. The molecule has 0 aromatic heterocycles. The normalized spacial score (nSPS) is 10.0. The third-order valence-corrected chi connectivity index (χ3v) is 2.66. The molecule has 0 bridgehead atoms. The highest BCUT2D eigenvalue weighted by molar-refractivity contribution is 6.01. The minimum atomic E-state index is -0.395. The number of hydrogen-bond donors (Lipinski definition) is 2. The Morgan fingerprint density at radius 3 is 2.53 bits per heavy atom. The number of benzene rings is 2. The van der Waals surface area contributed by atoms with Crippen molar-refractivity contribution < 1.29 is 9.18 Å². The minimum absolute atomic E-state index is 0.352. The molecule has 0 atom stereocenters. The van der Waals surface area contributed by atoms with Crippen LogP contribution >= 0.6 is 0 Å². The molecule has 98 valence electrons. The van der Waals surface area contributed by atoms with Gasteiger partial charge in [-0.1, -0.05) is 6.07 Å². The molecule has 5 heteroatoms. The number of halogens is 1. The Labute approximate surface area is 110 Å². The highest BCUT2D eigenvalue weighted by Gasteiger charge is 2.10. The van der Waals surface area contributed by atoms with Crippen LogP contribution in [0, 0.1) is 5.82 Å². The van der Waals surface area contributed by atoms with E-state index in [1.165, 1.54) is 23.1 Å². The van der Waals surface area contributed by atoms with E-state index in [0.717, 1.165) is 0 Å². The summed E-state index contributed by atoms with van der Waals surface area (Å²) in [5.74, 6) is -0.395. The van der Waals surface area contributed by atoms with Gasteiger partial charge in [0.25, 0.3) is 0 Å². The van der Waals surface area contributed by atoms with E-state index in [0.29, 0.717) is 17.1 Å². The van der Waals surface area contributed by atoms with Gasteiger partial charge in [0.2, 0.25) is 0 Å². The van der Waals surface area contributed by atoms with Crippen molar-refractivity contribution >= 4 is 23.1 Å². The Morgan fingerprint density at radius 1 is 1.21 bits per heavy atom. The van der Waals surface area contributed by atoms with Crippen molar-refractivity contribution in [3.8, 4) is 0 Å². The van der Waals surface area contributed by atoms with Crippen LogP contribution in [0.4, 0.5) is 26.2 Å². The first-order valence-electron chi connectivity index (χ1n) is 5.72. The first kappa shape index (κ1) is 12.9. The van der Waals surface area contributed by atoms with E-state index in [1.807, 2.05) is 0 Å². The molecule has 3 N–H and O–H groups in total. The van der Waals surface area contributed by atoms with Gasteiger partial charge < -0.3 is 11.1 Å². The Kier molecular flexibility index (Phi) is 3.66. The zero-order chi connectivity index (χ0) is 13.8. The summed E-state index contributed by atoms with van der Waals surface area (Å²) in [6.07, 6.45) is 0. The van der Waals surface area contributed by atoms with E-state index in [1.54, 1.807) is 37.4 Å². The van der Waals surface area contributed by atoms with Crippen molar-refractivity contribution in [3.05, 3.63) is 54.3 Å². The van der Waals surface area contributed by atoms with Crippen LogP contribution in [0.15, 0.2) is 48.5 Å². The van der Waals surface area contributed by atoms with Crippen LogP contribution in [0.25, 0.3) is 0 Å². The van der Waals surface area contributed by atoms with Crippen LogP contribution in [0.5, 0.6) is 0 Å². The molecule has 0 spiro atoms. The molecule has 2 amide bonds. The molecular weight excluding hydrogens is 245 g/mol. The maximum Gasteiger partial charge on any atom is 0.326 e. The first-order chi connectivity index (χ1) is 9.06. The van der Waals surface area contributed by atoms with E-state index in [-0.39, 0.29) is 6.03 Å². The fourth-order valence-corrected chi connectivity index (χ4v) is 1.59. The highest BCUT2D eigenvalue weighted by Crippen LogP contribution is 2.16. The van der Waals surface area contributed by atoms with Crippen LogP contribution in [0.1, 0.15) is 0 Å². The average Bonchev–Trinajstić information content (AvgIpc) is 2.39. The van der Waals surface area contributed by atoms with Gasteiger partial charge in [0.15, 0.2) is 0 Å². The molecule has 19 heavy (non-hydrogen) atoms.